The van der Waals surface area contributed by atoms with Crippen molar-refractivity contribution in [3.05, 3.63) is 42.5 Å². The highest BCUT2D eigenvalue weighted by atomic mass is 19.1. The lowest BCUT2D eigenvalue weighted by Gasteiger charge is -2.07. The zero-order chi connectivity index (χ0) is 8.97. The number of aliphatic hydroxyl groups is 1. The number of aliphatic hydroxyl groups excluding tert-OH is 1. The molecule has 0 aliphatic rings. The van der Waals surface area contributed by atoms with Gasteiger partial charge in [0.2, 0.25) is 0 Å². The molecule has 3 heteroatoms. The van der Waals surface area contributed by atoms with Crippen LogP contribution in [0.1, 0.15) is 18.1 Å². The average Bonchev–Trinajstić information content (AvgIpc) is 2.05. The van der Waals surface area contributed by atoms with Gasteiger partial charge in [-0.2, -0.15) is 0 Å². The fourth-order valence-corrected chi connectivity index (χ4v) is 0.901. The molecule has 64 valence electrons. The molecule has 0 aromatic carbocycles. The van der Waals surface area contributed by atoms with Gasteiger partial charge >= 0.3 is 0 Å². The Hall–Kier alpha value is -1.22. The fraction of sp³-hybridized carbons (Fsp3) is 0.222. The van der Waals surface area contributed by atoms with Gasteiger partial charge in [0.25, 0.3) is 0 Å². The van der Waals surface area contributed by atoms with Crippen molar-refractivity contribution in [2.45, 2.75) is 12.5 Å². The van der Waals surface area contributed by atoms with Crippen LogP contribution in [-0.4, -0.2) is 10.1 Å². The molecule has 1 aromatic rings. The number of halogens is 1. The van der Waals surface area contributed by atoms with Crippen LogP contribution in [0.15, 0.2) is 36.9 Å². The normalized spacial score (nSPS) is 12.5. The van der Waals surface area contributed by atoms with Crippen LogP contribution in [0.25, 0.3) is 0 Å². The van der Waals surface area contributed by atoms with E-state index in [1.54, 1.807) is 18.3 Å². The monoisotopic (exact) mass is 167 g/mol. The Balaban J connectivity index is 2.65. The van der Waals surface area contributed by atoms with E-state index in [9.17, 15) is 9.50 Å². The molecule has 1 rings (SSSR count). The molecule has 1 heterocycles. The second-order valence-electron chi connectivity index (χ2n) is 2.52. The van der Waals surface area contributed by atoms with Crippen LogP contribution in [0, 0.1) is 0 Å². The highest BCUT2D eigenvalue weighted by molar-refractivity contribution is 5.13. The lowest BCUT2D eigenvalue weighted by Crippen LogP contribution is -1.97. The lowest BCUT2D eigenvalue weighted by molar-refractivity contribution is 0.170. The second-order valence-corrected chi connectivity index (χ2v) is 2.52. The smallest absolute Gasteiger partial charge is 0.0957 e. The number of nitrogens with zero attached hydrogens (tertiary/aromatic N) is 1. The minimum atomic E-state index is -0.837. The first-order chi connectivity index (χ1) is 5.70. The van der Waals surface area contributed by atoms with Crippen LogP contribution in [0.5, 0.6) is 0 Å². The summed E-state index contributed by atoms with van der Waals surface area (Å²) in [6, 6.07) is 3.39. The summed E-state index contributed by atoms with van der Waals surface area (Å²) in [6.07, 6.45) is 2.20. The number of hydrogen-bond donors (Lipinski definition) is 1. The first-order valence-electron chi connectivity index (χ1n) is 3.61. The largest absolute Gasteiger partial charge is 0.388 e. The third kappa shape index (κ3) is 2.43. The zero-order valence-corrected chi connectivity index (χ0v) is 6.57. The minimum absolute atomic E-state index is 0.0638. The van der Waals surface area contributed by atoms with E-state index in [0.29, 0.717) is 5.56 Å². The first kappa shape index (κ1) is 8.87. The van der Waals surface area contributed by atoms with Gasteiger partial charge in [0.1, 0.15) is 0 Å². The molecule has 1 unspecified atom stereocenters. The molecular formula is C9H10FNO. The van der Waals surface area contributed by atoms with Gasteiger partial charge in [-0.3, -0.25) is 4.98 Å². The van der Waals surface area contributed by atoms with E-state index in [0.717, 1.165) is 0 Å². The maximum absolute atomic E-state index is 12.3. The minimum Gasteiger partial charge on any atom is -0.388 e. The van der Waals surface area contributed by atoms with Gasteiger partial charge in [0, 0.05) is 18.8 Å². The molecular weight excluding hydrogens is 157 g/mol. The van der Waals surface area contributed by atoms with Gasteiger partial charge in [0.05, 0.1) is 11.9 Å². The Morgan fingerprint density at radius 2 is 2.50 bits per heavy atom. The molecule has 12 heavy (non-hydrogen) atoms. The van der Waals surface area contributed by atoms with E-state index in [4.69, 9.17) is 0 Å². The topological polar surface area (TPSA) is 33.1 Å². The van der Waals surface area contributed by atoms with Crippen LogP contribution in [0.4, 0.5) is 4.39 Å². The molecule has 0 fully saturated rings. The molecule has 1 N–H and O–H groups in total. The van der Waals surface area contributed by atoms with Crippen molar-refractivity contribution >= 4 is 0 Å². The van der Waals surface area contributed by atoms with E-state index in [2.05, 4.69) is 11.6 Å². The van der Waals surface area contributed by atoms with E-state index < -0.39 is 11.9 Å². The summed E-state index contributed by atoms with van der Waals surface area (Å²) in [4.78, 5) is 3.80. The second kappa shape index (κ2) is 3.97. The summed E-state index contributed by atoms with van der Waals surface area (Å²) in [5.74, 6) is -0.522. The quantitative estimate of drug-likeness (QED) is 0.746. The van der Waals surface area contributed by atoms with Crippen molar-refractivity contribution in [2.24, 2.45) is 0 Å². The third-order valence-electron chi connectivity index (χ3n) is 1.48. The molecule has 1 aromatic heterocycles. The molecule has 0 saturated carbocycles. The number of pyridine rings is 1. The standard InChI is InChI=1S/C9H10FNO/c1-7(10)5-9(12)8-3-2-4-11-6-8/h2-4,6,9,12H,1,5H2. The molecule has 0 saturated heterocycles. The Kier molecular flexibility index (Phi) is 2.94. The Bertz CT molecular complexity index is 260. The highest BCUT2D eigenvalue weighted by Gasteiger charge is 2.08. The van der Waals surface area contributed by atoms with E-state index >= 15 is 0 Å². The highest BCUT2D eigenvalue weighted by Crippen LogP contribution is 2.19. The molecule has 0 bridgehead atoms. The van der Waals surface area contributed by atoms with E-state index in [-0.39, 0.29) is 6.42 Å². The molecule has 0 spiro atoms. The molecule has 1 atom stereocenters. The molecule has 2 nitrogen and oxygen atoms in total. The van der Waals surface area contributed by atoms with Crippen LogP contribution in [-0.2, 0) is 0 Å². The van der Waals surface area contributed by atoms with Crippen LogP contribution < -0.4 is 0 Å². The van der Waals surface area contributed by atoms with Crippen molar-refractivity contribution in [2.75, 3.05) is 0 Å². The Morgan fingerprint density at radius 3 is 3.00 bits per heavy atom. The van der Waals surface area contributed by atoms with Crippen molar-refractivity contribution in [3.63, 3.8) is 0 Å². The summed E-state index contributed by atoms with van der Waals surface area (Å²) >= 11 is 0. The number of aromatic nitrogens is 1. The van der Waals surface area contributed by atoms with Crippen molar-refractivity contribution in [3.8, 4) is 0 Å². The lowest BCUT2D eigenvalue weighted by atomic mass is 10.1. The van der Waals surface area contributed by atoms with Gasteiger partial charge in [-0.15, -0.1) is 0 Å². The third-order valence-corrected chi connectivity index (χ3v) is 1.48. The number of rotatable bonds is 3. The predicted octanol–water partition coefficient (Wildman–Crippen LogP) is 1.99. The van der Waals surface area contributed by atoms with Crippen LogP contribution >= 0.6 is 0 Å². The SMILES string of the molecule is C=C(F)CC(O)c1cccnc1. The van der Waals surface area contributed by atoms with Gasteiger partial charge in [-0.1, -0.05) is 12.6 Å². The maximum atomic E-state index is 12.3. The summed E-state index contributed by atoms with van der Waals surface area (Å²) in [7, 11) is 0. The Morgan fingerprint density at radius 1 is 1.75 bits per heavy atom. The van der Waals surface area contributed by atoms with Gasteiger partial charge in [-0.05, 0) is 11.6 Å². The number of hydrogen-bond acceptors (Lipinski definition) is 2. The van der Waals surface area contributed by atoms with E-state index in [1.807, 2.05) is 0 Å². The van der Waals surface area contributed by atoms with Crippen molar-refractivity contribution in [1.29, 1.82) is 0 Å². The van der Waals surface area contributed by atoms with Gasteiger partial charge < -0.3 is 5.11 Å². The van der Waals surface area contributed by atoms with Gasteiger partial charge in [0.15, 0.2) is 0 Å². The fourth-order valence-electron chi connectivity index (χ4n) is 0.901. The molecule has 0 aliphatic carbocycles. The first-order valence-corrected chi connectivity index (χ1v) is 3.61. The molecule has 0 aliphatic heterocycles. The van der Waals surface area contributed by atoms with Crippen molar-refractivity contribution < 1.29 is 9.50 Å². The predicted molar refractivity (Wildman–Crippen MR) is 44.1 cm³/mol. The summed E-state index contributed by atoms with van der Waals surface area (Å²) in [5.41, 5.74) is 0.608. The summed E-state index contributed by atoms with van der Waals surface area (Å²) in [6.45, 7) is 3.07. The summed E-state index contributed by atoms with van der Waals surface area (Å²) in [5, 5.41) is 9.35. The molecule has 0 amide bonds. The van der Waals surface area contributed by atoms with Gasteiger partial charge in [-0.25, -0.2) is 4.39 Å². The zero-order valence-electron chi connectivity index (χ0n) is 6.57. The molecule has 0 radical (unpaired) electrons. The maximum Gasteiger partial charge on any atom is 0.0957 e. The summed E-state index contributed by atoms with van der Waals surface area (Å²) < 4.78 is 12.3. The van der Waals surface area contributed by atoms with Crippen LogP contribution in [0.2, 0.25) is 0 Å². The van der Waals surface area contributed by atoms with Crippen molar-refractivity contribution in [1.82, 2.24) is 4.98 Å². The van der Waals surface area contributed by atoms with Crippen LogP contribution in [0.3, 0.4) is 0 Å². The van der Waals surface area contributed by atoms with E-state index in [1.165, 1.54) is 6.20 Å². The average molecular weight is 167 g/mol. The Labute approximate surface area is 70.4 Å².